The summed E-state index contributed by atoms with van der Waals surface area (Å²) in [5, 5.41) is 23.3. The van der Waals surface area contributed by atoms with Crippen LogP contribution in [-0.4, -0.2) is 54.3 Å². The summed E-state index contributed by atoms with van der Waals surface area (Å²) in [7, 11) is 0. The van der Waals surface area contributed by atoms with E-state index < -0.39 is 17.6 Å². The molecule has 0 aliphatic heterocycles. The van der Waals surface area contributed by atoms with Crippen molar-refractivity contribution in [1.82, 2.24) is 24.9 Å². The number of carbonyl (C=O) groups excluding carboxylic acids is 2. The van der Waals surface area contributed by atoms with Crippen LogP contribution in [0.2, 0.25) is 0 Å². The van der Waals surface area contributed by atoms with Gasteiger partial charge in [0.05, 0.1) is 28.7 Å². The van der Waals surface area contributed by atoms with Crippen LogP contribution < -0.4 is 15.5 Å². The Bertz CT molecular complexity index is 2270. The molecule has 0 spiro atoms. The molecule has 15 heteroatoms. The Labute approximate surface area is 322 Å². The number of aryl methyl sites for hydroxylation is 1. The molecule has 0 saturated heterocycles. The van der Waals surface area contributed by atoms with Crippen LogP contribution in [0, 0.1) is 17.1 Å². The van der Waals surface area contributed by atoms with Gasteiger partial charge in [-0.1, -0.05) is 24.2 Å². The summed E-state index contributed by atoms with van der Waals surface area (Å²) in [6.07, 6.45) is 15.9. The fourth-order valence-electron chi connectivity index (χ4n) is 6.08. The zero-order chi connectivity index (χ0) is 39.3. The van der Waals surface area contributed by atoms with Crippen LogP contribution in [0.4, 0.5) is 16.0 Å². The fraction of sp³-hybridized carbons (Fsp3) is 0.268. The summed E-state index contributed by atoms with van der Waals surface area (Å²) < 4.78 is 15.2. The van der Waals surface area contributed by atoms with Crippen LogP contribution in [0.25, 0.3) is 0 Å². The molecule has 2 N–H and O–H groups in total. The number of hydrogen-bond donors (Lipinski definition) is 2. The van der Waals surface area contributed by atoms with Gasteiger partial charge in [-0.05, 0) is 99.4 Å². The Hall–Kier alpha value is -6.95. The van der Waals surface area contributed by atoms with E-state index in [0.717, 1.165) is 43.2 Å². The first-order valence-corrected chi connectivity index (χ1v) is 18.3. The molecule has 5 aromatic rings. The van der Waals surface area contributed by atoms with E-state index in [1.807, 2.05) is 19.9 Å². The molecule has 0 unspecified atom stereocenters. The second kappa shape index (κ2) is 18.9. The summed E-state index contributed by atoms with van der Waals surface area (Å²) in [5.74, 6) is -1.05. The van der Waals surface area contributed by atoms with Crippen molar-refractivity contribution in [2.75, 3.05) is 10.6 Å². The molecule has 6 rings (SSSR count). The lowest BCUT2D eigenvalue weighted by Gasteiger charge is -2.13. The summed E-state index contributed by atoms with van der Waals surface area (Å²) in [6.45, 7) is 3.87. The summed E-state index contributed by atoms with van der Waals surface area (Å²) in [5.41, 5.74) is 4.03. The number of oxime groups is 2. The predicted molar refractivity (Wildman–Crippen MR) is 207 cm³/mol. The number of carbonyl (C=O) groups is 2. The third kappa shape index (κ3) is 9.77. The van der Waals surface area contributed by atoms with Crippen LogP contribution in [0.15, 0.2) is 96.2 Å². The van der Waals surface area contributed by atoms with Gasteiger partial charge in [0.1, 0.15) is 35.2 Å². The van der Waals surface area contributed by atoms with Gasteiger partial charge in [0.2, 0.25) is 0 Å². The Morgan fingerprint density at radius 1 is 0.804 bits per heavy atom. The van der Waals surface area contributed by atoms with Crippen molar-refractivity contribution in [3.05, 3.63) is 131 Å². The van der Waals surface area contributed by atoms with Gasteiger partial charge in [0.15, 0.2) is 0 Å². The lowest BCUT2D eigenvalue weighted by molar-refractivity contribution is 0.0642. The number of amides is 2. The van der Waals surface area contributed by atoms with Gasteiger partial charge in [-0.25, -0.2) is 19.3 Å². The van der Waals surface area contributed by atoms with E-state index in [9.17, 15) is 14.9 Å². The van der Waals surface area contributed by atoms with Gasteiger partial charge in [-0.3, -0.25) is 19.6 Å². The zero-order valence-electron chi connectivity index (χ0n) is 30.9. The first-order chi connectivity index (χ1) is 27.4. The Morgan fingerprint density at radius 3 is 2.11 bits per heavy atom. The Balaban J connectivity index is 1.09. The van der Waals surface area contributed by atoms with Crippen LogP contribution in [0.1, 0.15) is 101 Å². The average molecular weight is 755 g/mol. The fourth-order valence-corrected chi connectivity index (χ4v) is 6.08. The Kier molecular flexibility index (Phi) is 13.1. The van der Waals surface area contributed by atoms with Gasteiger partial charge >= 0.3 is 0 Å². The highest BCUT2D eigenvalue weighted by Gasteiger charge is 2.20. The van der Waals surface area contributed by atoms with E-state index in [4.69, 9.17) is 9.68 Å². The Morgan fingerprint density at radius 2 is 1.46 bits per heavy atom. The molecule has 1 saturated carbocycles. The van der Waals surface area contributed by atoms with Crippen molar-refractivity contribution >= 4 is 34.9 Å². The lowest BCUT2D eigenvalue weighted by atomic mass is 9.98. The molecule has 0 bridgehead atoms. The monoisotopic (exact) mass is 754 g/mol. The molecule has 56 heavy (non-hydrogen) atoms. The highest BCUT2D eigenvalue weighted by atomic mass is 19.1. The number of nitriles is 1. The highest BCUT2D eigenvalue weighted by molar-refractivity contribution is 6.06. The maximum Gasteiger partial charge on any atom is 0.266 e. The van der Waals surface area contributed by atoms with E-state index in [-0.39, 0.29) is 58.7 Å². The van der Waals surface area contributed by atoms with Crippen molar-refractivity contribution in [3.63, 3.8) is 0 Å². The minimum absolute atomic E-state index is 0.0481. The van der Waals surface area contributed by atoms with Crippen molar-refractivity contribution in [2.24, 2.45) is 10.3 Å². The summed E-state index contributed by atoms with van der Waals surface area (Å²) in [4.78, 5) is 58.8. The van der Waals surface area contributed by atoms with E-state index in [1.54, 1.807) is 61.1 Å². The molecule has 5 aromatic heterocycles. The van der Waals surface area contributed by atoms with Crippen molar-refractivity contribution in [1.29, 1.82) is 5.26 Å². The molecule has 0 atom stereocenters. The number of hydrogen-bond acceptors (Lipinski definition) is 12. The first kappa shape index (κ1) is 38.8. The van der Waals surface area contributed by atoms with Gasteiger partial charge in [-0.2, -0.15) is 5.26 Å². The van der Waals surface area contributed by atoms with E-state index in [0.29, 0.717) is 29.7 Å². The third-order valence-electron chi connectivity index (χ3n) is 9.14. The van der Waals surface area contributed by atoms with Crippen molar-refractivity contribution < 1.29 is 23.7 Å². The molecule has 2 amide bonds. The average Bonchev–Trinajstić information content (AvgIpc) is 3.76. The van der Waals surface area contributed by atoms with Crippen LogP contribution >= 0.6 is 0 Å². The summed E-state index contributed by atoms with van der Waals surface area (Å²) in [6, 6.07) is 13.7. The second-order valence-electron chi connectivity index (χ2n) is 12.8. The van der Waals surface area contributed by atoms with E-state index >= 15 is 4.39 Å². The van der Waals surface area contributed by atoms with Crippen molar-refractivity contribution in [2.45, 2.75) is 71.3 Å². The molecular weight excluding hydrogens is 716 g/mol. The van der Waals surface area contributed by atoms with Crippen molar-refractivity contribution in [3.8, 4) is 11.9 Å². The largest absolute Gasteiger partial charge is 0.392 e. The number of rotatable bonds is 15. The minimum atomic E-state index is -0.651. The third-order valence-corrected chi connectivity index (χ3v) is 9.14. The van der Waals surface area contributed by atoms with Gasteiger partial charge < -0.3 is 20.3 Å². The molecule has 1 aliphatic carbocycles. The number of anilines is 2. The lowest BCUT2D eigenvalue weighted by Crippen LogP contribution is -2.18. The van der Waals surface area contributed by atoms with Gasteiger partial charge in [0.25, 0.3) is 17.7 Å². The molecule has 1 fully saturated rings. The standard InChI is InChI=1S/C41H39FN10O4/c1-3-35(51-55-30-9-5-6-10-30)28-12-16-38(48-21-28)50-40(54)33-24-45-25-34(42)31(33)14-11-26-17-19-44-23-32(26)39(53)49-37-15-13-29(22-47-37)36(4-2)52-56-41-27(20-43)8-7-18-46-41/h7-8,12-13,15-19,21-25,30H,3-6,9-11,14H2,1-2H3,(H,47,49,53)(H,48,50,54). The normalized spacial score (nSPS) is 13.2. The molecule has 5 heterocycles. The predicted octanol–water partition coefficient (Wildman–Crippen LogP) is 7.23. The van der Waals surface area contributed by atoms with E-state index in [2.05, 4.69) is 45.9 Å². The summed E-state index contributed by atoms with van der Waals surface area (Å²) >= 11 is 0. The SMILES string of the molecule is CCC(=NOc1ncccc1C#N)c1ccc(NC(=O)c2cnccc2CCc2c(F)cncc2C(=O)Nc2ccc(C(CC)=NOC3CCCC3)cn2)nc1. The molecule has 0 aromatic carbocycles. The van der Waals surface area contributed by atoms with Gasteiger partial charge in [-0.15, -0.1) is 0 Å². The highest BCUT2D eigenvalue weighted by Crippen LogP contribution is 2.23. The molecule has 0 radical (unpaired) electrons. The zero-order valence-corrected chi connectivity index (χ0v) is 30.9. The number of halogens is 1. The number of nitrogens with zero attached hydrogens (tertiary/aromatic N) is 8. The molecule has 14 nitrogen and oxygen atoms in total. The number of pyridine rings is 5. The maximum atomic E-state index is 15.2. The van der Waals surface area contributed by atoms with Crippen LogP contribution in [-0.2, 0) is 17.7 Å². The van der Waals surface area contributed by atoms with Gasteiger partial charge in [0, 0.05) is 53.9 Å². The molecular formula is C41H39FN10O4. The first-order valence-electron chi connectivity index (χ1n) is 18.3. The van der Waals surface area contributed by atoms with E-state index in [1.165, 1.54) is 18.6 Å². The molecule has 1 aliphatic rings. The second-order valence-corrected chi connectivity index (χ2v) is 12.8. The quantitative estimate of drug-likeness (QED) is 0.0815. The molecule has 284 valence electrons. The topological polar surface area (TPSA) is 190 Å². The van der Waals surface area contributed by atoms with Crippen LogP contribution in [0.3, 0.4) is 0 Å². The minimum Gasteiger partial charge on any atom is -0.392 e. The van der Waals surface area contributed by atoms with Crippen LogP contribution in [0.5, 0.6) is 5.88 Å². The number of aromatic nitrogens is 5. The smallest absolute Gasteiger partial charge is 0.266 e. The maximum absolute atomic E-state index is 15.2. The number of nitrogens with one attached hydrogen (secondary N) is 2.